The van der Waals surface area contributed by atoms with Crippen LogP contribution in [0.15, 0.2) is 47.4 Å². The van der Waals surface area contributed by atoms with Gasteiger partial charge in [0.1, 0.15) is 11.4 Å². The Labute approximate surface area is 213 Å². The Hall–Kier alpha value is -3.43. The number of pyridine rings is 1. The van der Waals surface area contributed by atoms with Crippen LogP contribution in [0.2, 0.25) is 5.02 Å². The minimum atomic E-state index is -0.680. The van der Waals surface area contributed by atoms with Gasteiger partial charge in [0.05, 0.1) is 10.5 Å². The lowest BCUT2D eigenvalue weighted by molar-refractivity contribution is 0.0896. The van der Waals surface area contributed by atoms with Gasteiger partial charge in [-0.2, -0.15) is 0 Å². The van der Waals surface area contributed by atoms with Crippen molar-refractivity contribution < 1.29 is 14.0 Å². The SMILES string of the molecule is C#Cc1ccc(C(=O)CC2CCC(NC(=O)c3cn(C4CC4)c4cc(Cl)c(F)cc4c3=O)CC2)cc1. The van der Waals surface area contributed by atoms with E-state index in [1.165, 1.54) is 6.07 Å². The van der Waals surface area contributed by atoms with Crippen LogP contribution in [0, 0.1) is 24.1 Å². The number of nitrogens with one attached hydrogen (secondary N) is 1. The summed E-state index contributed by atoms with van der Waals surface area (Å²) >= 11 is 5.96. The molecular formula is C29H26ClFN2O3. The third-order valence-corrected chi connectivity index (χ3v) is 7.58. The molecule has 0 radical (unpaired) electrons. The van der Waals surface area contributed by atoms with E-state index in [4.69, 9.17) is 18.0 Å². The van der Waals surface area contributed by atoms with Crippen molar-refractivity contribution in [1.29, 1.82) is 0 Å². The second-order valence-corrected chi connectivity index (χ2v) is 10.2. The molecule has 5 nitrogen and oxygen atoms in total. The maximum absolute atomic E-state index is 14.1. The number of hydrogen-bond donors (Lipinski definition) is 1. The van der Waals surface area contributed by atoms with Gasteiger partial charge in [-0.25, -0.2) is 4.39 Å². The molecule has 2 aliphatic rings. The quantitative estimate of drug-likeness (QED) is 0.347. The van der Waals surface area contributed by atoms with E-state index in [1.54, 1.807) is 30.5 Å². The number of amides is 1. The number of ketones is 1. The Morgan fingerprint density at radius 2 is 1.78 bits per heavy atom. The van der Waals surface area contributed by atoms with Gasteiger partial charge >= 0.3 is 0 Å². The predicted octanol–water partition coefficient (Wildman–Crippen LogP) is 5.67. The number of hydrogen-bond acceptors (Lipinski definition) is 3. The van der Waals surface area contributed by atoms with Gasteiger partial charge in [0.25, 0.3) is 5.91 Å². The molecule has 0 unspecified atom stereocenters. The number of carbonyl (C=O) groups is 2. The number of halogens is 2. The van der Waals surface area contributed by atoms with E-state index in [0.29, 0.717) is 17.5 Å². The van der Waals surface area contributed by atoms with Crippen LogP contribution in [0.4, 0.5) is 4.39 Å². The molecule has 1 amide bonds. The molecule has 184 valence electrons. The second kappa shape index (κ2) is 9.91. The molecule has 1 aromatic heterocycles. The van der Waals surface area contributed by atoms with Crippen LogP contribution in [-0.2, 0) is 0 Å². The fourth-order valence-corrected chi connectivity index (χ4v) is 5.23. The standard InChI is InChI=1S/C29H26ClFN2O3/c1-2-17-3-7-19(8-4-17)27(34)13-18-5-9-20(10-6-18)32-29(36)23-16-33(21-11-12-21)26-15-24(30)25(31)14-22(26)28(23)35/h1,3-4,7-8,14-16,18,20-21H,5-6,9-13H2,(H,32,36). The Morgan fingerprint density at radius 1 is 1.08 bits per heavy atom. The highest BCUT2D eigenvalue weighted by atomic mass is 35.5. The summed E-state index contributed by atoms with van der Waals surface area (Å²) in [5.74, 6) is 1.76. The lowest BCUT2D eigenvalue weighted by Crippen LogP contribution is -2.40. The van der Waals surface area contributed by atoms with Crippen molar-refractivity contribution in [2.75, 3.05) is 0 Å². The van der Waals surface area contributed by atoms with Crippen LogP contribution in [-0.4, -0.2) is 22.3 Å². The number of fused-ring (bicyclic) bond motifs is 1. The molecule has 0 bridgehead atoms. The molecule has 1 N–H and O–H groups in total. The molecule has 0 spiro atoms. The molecule has 1 heterocycles. The van der Waals surface area contributed by atoms with Crippen molar-refractivity contribution in [2.24, 2.45) is 5.92 Å². The Morgan fingerprint density at radius 3 is 2.42 bits per heavy atom. The van der Waals surface area contributed by atoms with Crippen molar-refractivity contribution in [3.8, 4) is 12.3 Å². The minimum absolute atomic E-state index is 0.0174. The van der Waals surface area contributed by atoms with E-state index in [1.807, 2.05) is 4.57 Å². The van der Waals surface area contributed by atoms with Gasteiger partial charge in [0.15, 0.2) is 5.78 Å². The second-order valence-electron chi connectivity index (χ2n) is 9.83. The summed E-state index contributed by atoms with van der Waals surface area (Å²) in [6.45, 7) is 0. The van der Waals surface area contributed by atoms with Crippen molar-refractivity contribution in [2.45, 2.75) is 57.0 Å². The van der Waals surface area contributed by atoms with Crippen LogP contribution in [0.3, 0.4) is 0 Å². The van der Waals surface area contributed by atoms with Gasteiger partial charge in [0, 0.05) is 41.2 Å². The number of carbonyl (C=O) groups excluding carboxylic acids is 2. The van der Waals surface area contributed by atoms with E-state index in [-0.39, 0.29) is 39.8 Å². The maximum atomic E-state index is 14.1. The highest BCUT2D eigenvalue weighted by Crippen LogP contribution is 2.37. The molecular weight excluding hydrogens is 479 g/mol. The fourth-order valence-electron chi connectivity index (χ4n) is 5.07. The zero-order valence-corrected chi connectivity index (χ0v) is 20.5. The third kappa shape index (κ3) is 4.94. The summed E-state index contributed by atoms with van der Waals surface area (Å²) < 4.78 is 16.0. The summed E-state index contributed by atoms with van der Waals surface area (Å²) in [6.07, 6.45) is 12.4. The number of nitrogens with zero attached hydrogens (tertiary/aromatic N) is 1. The lowest BCUT2D eigenvalue weighted by atomic mass is 9.82. The van der Waals surface area contributed by atoms with E-state index in [0.717, 1.165) is 50.2 Å². The van der Waals surface area contributed by atoms with E-state index >= 15 is 0 Å². The molecule has 0 saturated heterocycles. The smallest absolute Gasteiger partial charge is 0.256 e. The van der Waals surface area contributed by atoms with Crippen LogP contribution in [0.1, 0.15) is 77.3 Å². The highest BCUT2D eigenvalue weighted by molar-refractivity contribution is 6.31. The number of benzene rings is 2. The Kier molecular flexibility index (Phi) is 6.68. The monoisotopic (exact) mass is 504 g/mol. The zero-order valence-electron chi connectivity index (χ0n) is 19.7. The molecule has 5 rings (SSSR count). The molecule has 2 aromatic carbocycles. The fraction of sp³-hybridized carbons (Fsp3) is 0.345. The van der Waals surface area contributed by atoms with Crippen LogP contribution < -0.4 is 10.7 Å². The molecule has 0 aliphatic heterocycles. The van der Waals surface area contributed by atoms with Crippen LogP contribution >= 0.6 is 11.6 Å². The van der Waals surface area contributed by atoms with Gasteiger partial charge in [-0.1, -0.05) is 29.7 Å². The van der Waals surface area contributed by atoms with Crippen molar-refractivity contribution in [3.63, 3.8) is 0 Å². The van der Waals surface area contributed by atoms with Crippen molar-refractivity contribution in [3.05, 3.63) is 80.3 Å². The van der Waals surface area contributed by atoms with Gasteiger partial charge in [0.2, 0.25) is 5.43 Å². The molecule has 2 aliphatic carbocycles. The molecule has 2 saturated carbocycles. The average Bonchev–Trinajstić information content (AvgIpc) is 3.72. The molecule has 2 fully saturated rings. The predicted molar refractivity (Wildman–Crippen MR) is 138 cm³/mol. The first-order valence-corrected chi connectivity index (χ1v) is 12.7. The maximum Gasteiger partial charge on any atom is 0.256 e. The minimum Gasteiger partial charge on any atom is -0.349 e. The van der Waals surface area contributed by atoms with E-state index in [9.17, 15) is 18.8 Å². The average molecular weight is 505 g/mol. The molecule has 0 atom stereocenters. The van der Waals surface area contributed by atoms with E-state index < -0.39 is 17.2 Å². The highest BCUT2D eigenvalue weighted by Gasteiger charge is 2.29. The summed E-state index contributed by atoms with van der Waals surface area (Å²) in [4.78, 5) is 38.8. The number of aromatic nitrogens is 1. The lowest BCUT2D eigenvalue weighted by Gasteiger charge is -2.29. The first kappa shape index (κ1) is 24.3. The van der Waals surface area contributed by atoms with Crippen molar-refractivity contribution >= 4 is 34.2 Å². The molecule has 36 heavy (non-hydrogen) atoms. The van der Waals surface area contributed by atoms with Gasteiger partial charge in [-0.3, -0.25) is 14.4 Å². The molecule has 7 heteroatoms. The van der Waals surface area contributed by atoms with Gasteiger partial charge in [-0.05, 0) is 68.7 Å². The summed E-state index contributed by atoms with van der Waals surface area (Å²) in [6, 6.07) is 9.75. The van der Waals surface area contributed by atoms with Gasteiger partial charge < -0.3 is 9.88 Å². The van der Waals surface area contributed by atoms with Gasteiger partial charge in [-0.15, -0.1) is 6.42 Å². The number of rotatable bonds is 6. The normalized spacial score (nSPS) is 19.6. The Balaban J connectivity index is 1.25. The first-order chi connectivity index (χ1) is 17.3. The summed E-state index contributed by atoms with van der Waals surface area (Å²) in [5.41, 5.74) is 1.47. The van der Waals surface area contributed by atoms with Crippen LogP contribution in [0.5, 0.6) is 0 Å². The third-order valence-electron chi connectivity index (χ3n) is 7.29. The Bertz CT molecular complexity index is 1440. The summed E-state index contributed by atoms with van der Waals surface area (Å²) in [7, 11) is 0. The first-order valence-electron chi connectivity index (χ1n) is 12.3. The number of Topliss-reactive ketones (excluding diaryl/α,β-unsaturated/α-hetero) is 1. The van der Waals surface area contributed by atoms with Crippen LogP contribution in [0.25, 0.3) is 10.9 Å². The van der Waals surface area contributed by atoms with E-state index in [2.05, 4.69) is 11.2 Å². The van der Waals surface area contributed by atoms with Crippen molar-refractivity contribution in [1.82, 2.24) is 9.88 Å². The molecule has 3 aromatic rings. The number of terminal acetylenes is 1. The largest absolute Gasteiger partial charge is 0.349 e. The topological polar surface area (TPSA) is 68.2 Å². The zero-order chi connectivity index (χ0) is 25.4. The summed E-state index contributed by atoms with van der Waals surface area (Å²) in [5, 5.41) is 3.11.